The summed E-state index contributed by atoms with van der Waals surface area (Å²) >= 11 is 0. The SMILES string of the molecule is COc1ccc(Nc2cc(N)cc(F)c2)c(OC)c1. The smallest absolute Gasteiger partial charge is 0.145 e. The molecular weight excluding hydrogens is 247 g/mol. The minimum Gasteiger partial charge on any atom is -0.497 e. The Balaban J connectivity index is 2.32. The first-order valence-corrected chi connectivity index (χ1v) is 5.67. The third-order valence-corrected chi connectivity index (χ3v) is 2.61. The largest absolute Gasteiger partial charge is 0.497 e. The first kappa shape index (κ1) is 13.0. The van der Waals surface area contributed by atoms with Gasteiger partial charge in [-0.1, -0.05) is 0 Å². The van der Waals surface area contributed by atoms with E-state index in [2.05, 4.69) is 5.32 Å². The molecule has 19 heavy (non-hydrogen) atoms. The molecule has 0 radical (unpaired) electrons. The van der Waals surface area contributed by atoms with Crippen molar-refractivity contribution < 1.29 is 13.9 Å². The molecule has 0 spiro atoms. The number of hydrogen-bond acceptors (Lipinski definition) is 4. The molecule has 2 aromatic rings. The molecule has 0 saturated heterocycles. The van der Waals surface area contributed by atoms with E-state index in [9.17, 15) is 4.39 Å². The number of methoxy groups -OCH3 is 2. The minimum atomic E-state index is -0.394. The van der Waals surface area contributed by atoms with Gasteiger partial charge in [0.15, 0.2) is 0 Å². The molecule has 0 saturated carbocycles. The highest BCUT2D eigenvalue weighted by Crippen LogP contribution is 2.32. The van der Waals surface area contributed by atoms with E-state index in [1.54, 1.807) is 38.5 Å². The Morgan fingerprint density at radius 1 is 1.05 bits per heavy atom. The van der Waals surface area contributed by atoms with Gasteiger partial charge in [0.25, 0.3) is 0 Å². The Bertz CT molecular complexity index is 567. The summed E-state index contributed by atoms with van der Waals surface area (Å²) in [5, 5.41) is 3.06. The van der Waals surface area contributed by atoms with E-state index in [1.165, 1.54) is 12.1 Å². The van der Waals surface area contributed by atoms with Gasteiger partial charge in [-0.15, -0.1) is 0 Å². The maximum Gasteiger partial charge on any atom is 0.145 e. The summed E-state index contributed by atoms with van der Waals surface area (Å²) in [6, 6.07) is 9.58. The quantitative estimate of drug-likeness (QED) is 0.831. The number of nitrogen functional groups attached to an aromatic ring is 1. The third-order valence-electron chi connectivity index (χ3n) is 2.61. The van der Waals surface area contributed by atoms with E-state index in [1.807, 2.05) is 0 Å². The van der Waals surface area contributed by atoms with E-state index < -0.39 is 5.82 Å². The molecule has 4 nitrogen and oxygen atoms in total. The molecule has 0 unspecified atom stereocenters. The fourth-order valence-electron chi connectivity index (χ4n) is 1.74. The number of ether oxygens (including phenoxy) is 2. The van der Waals surface area contributed by atoms with Gasteiger partial charge < -0.3 is 20.5 Å². The van der Waals surface area contributed by atoms with Gasteiger partial charge in [-0.3, -0.25) is 0 Å². The first-order valence-electron chi connectivity index (χ1n) is 5.67. The molecule has 5 heteroatoms. The molecule has 100 valence electrons. The maximum atomic E-state index is 13.3. The molecule has 0 aromatic heterocycles. The fraction of sp³-hybridized carbons (Fsp3) is 0.143. The van der Waals surface area contributed by atoms with Crippen LogP contribution in [0, 0.1) is 5.82 Å². The molecular formula is C14H15FN2O2. The van der Waals surface area contributed by atoms with Gasteiger partial charge in [0.1, 0.15) is 17.3 Å². The predicted octanol–water partition coefficient (Wildman–Crippen LogP) is 3.17. The Morgan fingerprint density at radius 3 is 2.47 bits per heavy atom. The molecule has 2 aromatic carbocycles. The average Bonchev–Trinajstić information content (AvgIpc) is 2.38. The van der Waals surface area contributed by atoms with Gasteiger partial charge in [0, 0.05) is 17.4 Å². The van der Waals surface area contributed by atoms with Gasteiger partial charge in [-0.25, -0.2) is 4.39 Å². The van der Waals surface area contributed by atoms with E-state index in [-0.39, 0.29) is 0 Å². The summed E-state index contributed by atoms with van der Waals surface area (Å²) in [4.78, 5) is 0. The van der Waals surface area contributed by atoms with Crippen LogP contribution in [0.1, 0.15) is 0 Å². The minimum absolute atomic E-state index is 0.356. The van der Waals surface area contributed by atoms with Gasteiger partial charge in [-0.05, 0) is 30.3 Å². The zero-order chi connectivity index (χ0) is 13.8. The molecule has 0 bridgehead atoms. The van der Waals surface area contributed by atoms with Gasteiger partial charge in [-0.2, -0.15) is 0 Å². The number of nitrogens with two attached hydrogens (primary N) is 1. The highest BCUT2D eigenvalue weighted by Gasteiger charge is 2.06. The lowest BCUT2D eigenvalue weighted by atomic mass is 10.2. The molecule has 0 amide bonds. The van der Waals surface area contributed by atoms with Crippen LogP contribution in [-0.4, -0.2) is 14.2 Å². The average molecular weight is 262 g/mol. The lowest BCUT2D eigenvalue weighted by molar-refractivity contribution is 0.395. The predicted molar refractivity (Wildman–Crippen MR) is 73.6 cm³/mol. The molecule has 0 aliphatic rings. The van der Waals surface area contributed by atoms with Crippen molar-refractivity contribution in [1.82, 2.24) is 0 Å². The van der Waals surface area contributed by atoms with Crippen molar-refractivity contribution in [2.45, 2.75) is 0 Å². The van der Waals surface area contributed by atoms with E-state index in [4.69, 9.17) is 15.2 Å². The molecule has 0 aliphatic carbocycles. The lowest BCUT2D eigenvalue weighted by Gasteiger charge is -2.13. The summed E-state index contributed by atoms with van der Waals surface area (Å²) in [5.41, 5.74) is 7.21. The second-order valence-corrected chi connectivity index (χ2v) is 3.96. The van der Waals surface area contributed by atoms with Crippen LogP contribution in [0.25, 0.3) is 0 Å². The van der Waals surface area contributed by atoms with Crippen molar-refractivity contribution in [3.63, 3.8) is 0 Å². The first-order chi connectivity index (χ1) is 9.12. The van der Waals surface area contributed by atoms with Crippen LogP contribution in [0.3, 0.4) is 0 Å². The highest BCUT2D eigenvalue weighted by atomic mass is 19.1. The topological polar surface area (TPSA) is 56.5 Å². The van der Waals surface area contributed by atoms with Crippen LogP contribution in [-0.2, 0) is 0 Å². The normalized spacial score (nSPS) is 10.1. The molecule has 0 aliphatic heterocycles. The van der Waals surface area contributed by atoms with E-state index >= 15 is 0 Å². The summed E-state index contributed by atoms with van der Waals surface area (Å²) in [6.07, 6.45) is 0. The van der Waals surface area contributed by atoms with Crippen molar-refractivity contribution >= 4 is 17.1 Å². The van der Waals surface area contributed by atoms with Crippen molar-refractivity contribution in [3.05, 3.63) is 42.2 Å². The van der Waals surface area contributed by atoms with Crippen LogP contribution < -0.4 is 20.5 Å². The van der Waals surface area contributed by atoms with Crippen molar-refractivity contribution in [3.8, 4) is 11.5 Å². The summed E-state index contributed by atoms with van der Waals surface area (Å²) < 4.78 is 23.6. The second-order valence-electron chi connectivity index (χ2n) is 3.96. The van der Waals surface area contributed by atoms with Crippen LogP contribution in [0.4, 0.5) is 21.5 Å². The van der Waals surface area contributed by atoms with Crippen LogP contribution in [0.2, 0.25) is 0 Å². The van der Waals surface area contributed by atoms with Crippen LogP contribution in [0.5, 0.6) is 11.5 Å². The Labute approximate surface area is 111 Å². The zero-order valence-electron chi connectivity index (χ0n) is 10.7. The Kier molecular flexibility index (Phi) is 3.75. The van der Waals surface area contributed by atoms with E-state index in [0.717, 1.165) is 0 Å². The maximum absolute atomic E-state index is 13.3. The zero-order valence-corrected chi connectivity index (χ0v) is 10.7. The third kappa shape index (κ3) is 3.07. The van der Waals surface area contributed by atoms with Crippen LogP contribution in [0.15, 0.2) is 36.4 Å². The van der Waals surface area contributed by atoms with Crippen molar-refractivity contribution in [2.75, 3.05) is 25.3 Å². The Hall–Kier alpha value is -2.43. The summed E-state index contributed by atoms with van der Waals surface area (Å²) in [5.74, 6) is 0.887. The number of nitrogens with one attached hydrogen (secondary N) is 1. The molecule has 0 heterocycles. The van der Waals surface area contributed by atoms with Gasteiger partial charge in [0.05, 0.1) is 19.9 Å². The molecule has 2 rings (SSSR count). The van der Waals surface area contributed by atoms with Crippen molar-refractivity contribution in [1.29, 1.82) is 0 Å². The highest BCUT2D eigenvalue weighted by molar-refractivity contribution is 5.69. The standard InChI is InChI=1S/C14H15FN2O2/c1-18-12-3-4-13(14(8-12)19-2)17-11-6-9(15)5-10(16)7-11/h3-8,17H,16H2,1-2H3. The fourth-order valence-corrected chi connectivity index (χ4v) is 1.74. The van der Waals surface area contributed by atoms with Crippen LogP contribution >= 0.6 is 0 Å². The van der Waals surface area contributed by atoms with Gasteiger partial charge >= 0.3 is 0 Å². The number of hydrogen-bond donors (Lipinski definition) is 2. The molecule has 3 N–H and O–H groups in total. The number of rotatable bonds is 4. The van der Waals surface area contributed by atoms with Crippen molar-refractivity contribution in [2.24, 2.45) is 0 Å². The number of anilines is 3. The molecule has 0 fully saturated rings. The monoisotopic (exact) mass is 262 g/mol. The Morgan fingerprint density at radius 2 is 1.84 bits per heavy atom. The summed E-state index contributed by atoms with van der Waals surface area (Å²) in [6.45, 7) is 0. The number of halogens is 1. The summed E-state index contributed by atoms with van der Waals surface area (Å²) in [7, 11) is 3.13. The second kappa shape index (κ2) is 5.48. The number of benzene rings is 2. The molecule has 0 atom stereocenters. The van der Waals surface area contributed by atoms with Gasteiger partial charge in [0.2, 0.25) is 0 Å². The lowest BCUT2D eigenvalue weighted by Crippen LogP contribution is -1.97. The van der Waals surface area contributed by atoms with E-state index in [0.29, 0.717) is 28.6 Å².